The van der Waals surface area contributed by atoms with E-state index in [2.05, 4.69) is 0 Å². The second-order valence-corrected chi connectivity index (χ2v) is 3.04. The number of hydrogen-bond donors (Lipinski definition) is 0. The fourth-order valence-electron chi connectivity index (χ4n) is 1.07. The summed E-state index contributed by atoms with van der Waals surface area (Å²) in [6.07, 6.45) is 3.28. The quantitative estimate of drug-likeness (QED) is 0.710. The Hall–Kier alpha value is -1.77. The number of rotatable bonds is 3. The number of carbonyl (C=O) groups excluding carboxylic acids is 1. The Morgan fingerprint density at radius 2 is 2.07 bits per heavy atom. The van der Waals surface area contributed by atoms with Crippen molar-refractivity contribution in [1.82, 2.24) is 0 Å². The molecule has 0 spiro atoms. The highest BCUT2D eigenvalue weighted by atomic mass is 16.6. The van der Waals surface area contributed by atoms with Crippen LogP contribution in [-0.4, -0.2) is 19.7 Å². The lowest BCUT2D eigenvalue weighted by molar-refractivity contribution is 0.167. The lowest BCUT2D eigenvalue weighted by Crippen LogP contribution is -2.26. The van der Waals surface area contributed by atoms with Crippen molar-refractivity contribution in [2.75, 3.05) is 18.6 Å². The molecule has 0 saturated carbocycles. The summed E-state index contributed by atoms with van der Waals surface area (Å²) in [6, 6.07) is 9.38. The van der Waals surface area contributed by atoms with E-state index < -0.39 is 0 Å². The van der Waals surface area contributed by atoms with Gasteiger partial charge in [0, 0.05) is 12.7 Å². The molecule has 0 aliphatic rings. The predicted molar refractivity (Wildman–Crippen MR) is 61.0 cm³/mol. The van der Waals surface area contributed by atoms with Gasteiger partial charge in [0.15, 0.2) is 0 Å². The largest absolute Gasteiger partial charge is 0.445 e. The van der Waals surface area contributed by atoms with E-state index in [1.54, 1.807) is 13.1 Å². The normalized spacial score (nSPS) is 10.3. The molecule has 0 unspecified atom stereocenters. The lowest BCUT2D eigenvalue weighted by Gasteiger charge is -2.16. The summed E-state index contributed by atoms with van der Waals surface area (Å²) in [5.74, 6) is 0. The molecule has 1 rings (SSSR count). The van der Waals surface area contributed by atoms with Crippen molar-refractivity contribution in [2.45, 2.75) is 6.92 Å². The van der Waals surface area contributed by atoms with Crippen LogP contribution < -0.4 is 4.90 Å². The van der Waals surface area contributed by atoms with Crippen molar-refractivity contribution in [1.29, 1.82) is 0 Å². The topological polar surface area (TPSA) is 29.5 Å². The number of benzene rings is 1. The molecule has 0 heterocycles. The van der Waals surface area contributed by atoms with Crippen molar-refractivity contribution in [3.05, 3.63) is 42.5 Å². The highest BCUT2D eigenvalue weighted by molar-refractivity contribution is 5.86. The summed E-state index contributed by atoms with van der Waals surface area (Å²) in [5, 5.41) is 0. The van der Waals surface area contributed by atoms with Crippen molar-refractivity contribution in [3.8, 4) is 0 Å². The van der Waals surface area contributed by atoms with Crippen LogP contribution in [-0.2, 0) is 4.74 Å². The zero-order valence-corrected chi connectivity index (χ0v) is 9.01. The van der Waals surface area contributed by atoms with Crippen LogP contribution in [0.1, 0.15) is 6.92 Å². The fraction of sp³-hybridized carbons (Fsp3) is 0.250. The molecule has 0 aromatic heterocycles. The molecule has 3 nitrogen and oxygen atoms in total. The standard InChI is InChI=1S/C12H15NO2/c1-3-4-10-15-12(14)13(2)11-8-6-5-7-9-11/h3-9H,10H2,1-2H3. The van der Waals surface area contributed by atoms with Gasteiger partial charge in [-0.1, -0.05) is 30.4 Å². The molecule has 1 aromatic carbocycles. The highest BCUT2D eigenvalue weighted by Crippen LogP contribution is 2.11. The zero-order valence-electron chi connectivity index (χ0n) is 9.01. The van der Waals surface area contributed by atoms with E-state index in [4.69, 9.17) is 4.74 Å². The first kappa shape index (κ1) is 11.3. The first-order valence-corrected chi connectivity index (χ1v) is 4.82. The Morgan fingerprint density at radius 1 is 1.40 bits per heavy atom. The van der Waals surface area contributed by atoms with Gasteiger partial charge in [-0.25, -0.2) is 4.79 Å². The summed E-state index contributed by atoms with van der Waals surface area (Å²) < 4.78 is 5.00. The van der Waals surface area contributed by atoms with Crippen LogP contribution in [0.15, 0.2) is 42.5 Å². The zero-order chi connectivity index (χ0) is 11.1. The minimum Gasteiger partial charge on any atom is -0.445 e. The van der Waals surface area contributed by atoms with Gasteiger partial charge in [0.2, 0.25) is 0 Å². The van der Waals surface area contributed by atoms with Gasteiger partial charge in [-0.15, -0.1) is 0 Å². The number of anilines is 1. The van der Waals surface area contributed by atoms with E-state index in [9.17, 15) is 4.79 Å². The average molecular weight is 205 g/mol. The van der Waals surface area contributed by atoms with Crippen molar-refractivity contribution < 1.29 is 9.53 Å². The van der Waals surface area contributed by atoms with Gasteiger partial charge in [-0.2, -0.15) is 0 Å². The summed E-state index contributed by atoms with van der Waals surface area (Å²) in [4.78, 5) is 13.0. The van der Waals surface area contributed by atoms with Crippen molar-refractivity contribution >= 4 is 11.8 Å². The third kappa shape index (κ3) is 3.46. The van der Waals surface area contributed by atoms with Crippen molar-refractivity contribution in [3.63, 3.8) is 0 Å². The molecular weight excluding hydrogens is 190 g/mol. The number of amides is 1. The molecular formula is C12H15NO2. The molecule has 1 aromatic rings. The second kappa shape index (κ2) is 5.86. The van der Waals surface area contributed by atoms with Crippen molar-refractivity contribution in [2.24, 2.45) is 0 Å². The number of para-hydroxylation sites is 1. The third-order valence-electron chi connectivity index (χ3n) is 1.96. The van der Waals surface area contributed by atoms with Gasteiger partial charge in [0.25, 0.3) is 0 Å². The number of carbonyl (C=O) groups is 1. The number of hydrogen-bond acceptors (Lipinski definition) is 2. The third-order valence-corrected chi connectivity index (χ3v) is 1.96. The Morgan fingerprint density at radius 3 is 2.67 bits per heavy atom. The van der Waals surface area contributed by atoms with Gasteiger partial charge in [-0.3, -0.25) is 4.90 Å². The number of allylic oxidation sites excluding steroid dienone is 1. The first-order valence-electron chi connectivity index (χ1n) is 4.82. The SMILES string of the molecule is CC=CCOC(=O)N(C)c1ccccc1. The summed E-state index contributed by atoms with van der Waals surface area (Å²) in [5.41, 5.74) is 0.822. The molecule has 15 heavy (non-hydrogen) atoms. The fourth-order valence-corrected chi connectivity index (χ4v) is 1.07. The number of ether oxygens (including phenoxy) is 1. The maximum atomic E-state index is 11.5. The molecule has 0 aliphatic carbocycles. The summed E-state index contributed by atoms with van der Waals surface area (Å²) >= 11 is 0. The van der Waals surface area contributed by atoms with Crippen LogP contribution in [0.2, 0.25) is 0 Å². The summed E-state index contributed by atoms with van der Waals surface area (Å²) in [7, 11) is 1.69. The van der Waals surface area contributed by atoms with Gasteiger partial charge in [0.1, 0.15) is 6.61 Å². The van der Waals surface area contributed by atoms with E-state index in [1.165, 1.54) is 4.90 Å². The van der Waals surface area contributed by atoms with Crippen LogP contribution in [0.3, 0.4) is 0 Å². The van der Waals surface area contributed by atoms with E-state index >= 15 is 0 Å². The number of nitrogens with zero attached hydrogens (tertiary/aromatic N) is 1. The second-order valence-electron chi connectivity index (χ2n) is 3.04. The van der Waals surface area contributed by atoms with Crippen LogP contribution in [0.5, 0.6) is 0 Å². The monoisotopic (exact) mass is 205 g/mol. The average Bonchev–Trinajstić information content (AvgIpc) is 2.29. The molecule has 0 fully saturated rings. The smallest absolute Gasteiger partial charge is 0.414 e. The molecule has 0 N–H and O–H groups in total. The molecule has 0 saturated heterocycles. The van der Waals surface area contributed by atoms with E-state index in [1.807, 2.05) is 43.3 Å². The molecule has 0 aliphatic heterocycles. The molecule has 1 amide bonds. The van der Waals surface area contributed by atoms with Gasteiger partial charge in [0.05, 0.1) is 0 Å². The van der Waals surface area contributed by atoms with Gasteiger partial charge >= 0.3 is 6.09 Å². The minimum atomic E-state index is -0.348. The van der Waals surface area contributed by atoms with Gasteiger partial charge < -0.3 is 4.74 Å². The molecule has 0 bridgehead atoms. The molecule has 0 atom stereocenters. The van der Waals surface area contributed by atoms with E-state index in [0.29, 0.717) is 6.61 Å². The maximum absolute atomic E-state index is 11.5. The van der Waals surface area contributed by atoms with Crippen LogP contribution >= 0.6 is 0 Å². The predicted octanol–water partition coefficient (Wildman–Crippen LogP) is 2.84. The Bertz CT molecular complexity index is 333. The molecule has 3 heteroatoms. The molecule has 80 valence electrons. The van der Waals surface area contributed by atoms with Crippen LogP contribution in [0.4, 0.5) is 10.5 Å². The maximum Gasteiger partial charge on any atom is 0.414 e. The first-order chi connectivity index (χ1) is 7.25. The van der Waals surface area contributed by atoms with E-state index in [0.717, 1.165) is 5.69 Å². The summed E-state index contributed by atoms with van der Waals surface area (Å²) in [6.45, 7) is 2.20. The van der Waals surface area contributed by atoms with Crippen LogP contribution in [0, 0.1) is 0 Å². The van der Waals surface area contributed by atoms with Crippen LogP contribution in [0.25, 0.3) is 0 Å². The highest BCUT2D eigenvalue weighted by Gasteiger charge is 2.10. The van der Waals surface area contributed by atoms with E-state index in [-0.39, 0.29) is 6.09 Å². The Kier molecular flexibility index (Phi) is 4.41. The minimum absolute atomic E-state index is 0.312. The Labute approximate surface area is 90.0 Å². The Balaban J connectivity index is 2.53. The van der Waals surface area contributed by atoms with Gasteiger partial charge in [-0.05, 0) is 19.1 Å². The molecule has 0 radical (unpaired) electrons. The lowest BCUT2D eigenvalue weighted by atomic mass is 10.3.